The summed E-state index contributed by atoms with van der Waals surface area (Å²) >= 11 is 0. The van der Waals surface area contributed by atoms with Gasteiger partial charge in [-0.3, -0.25) is 0 Å². The predicted octanol–water partition coefficient (Wildman–Crippen LogP) is 14.0. The Morgan fingerprint density at radius 1 is 0.243 bits per heavy atom. The van der Waals surface area contributed by atoms with Crippen molar-refractivity contribution in [2.24, 2.45) is 0 Å². The van der Waals surface area contributed by atoms with Gasteiger partial charge in [0.05, 0.1) is 24.6 Å². The molecular weight excluding hydrogens is 463 g/mol. The molecule has 0 aliphatic rings. The third-order valence-electron chi connectivity index (χ3n) is 9.31. The van der Waals surface area contributed by atoms with E-state index in [4.69, 9.17) is 0 Å². The first-order valence-corrected chi connectivity index (χ1v) is 20.6. The molecule has 0 aliphatic heterocycles. The zero-order valence-corrected chi connectivity index (χ0v) is 28.0. The first-order valence-electron chi connectivity index (χ1n) is 18.1. The van der Waals surface area contributed by atoms with Crippen LogP contribution in [0.2, 0.25) is 0 Å². The third kappa shape index (κ3) is 26.4. The van der Waals surface area contributed by atoms with Crippen molar-refractivity contribution >= 4 is 7.26 Å². The van der Waals surface area contributed by atoms with Crippen molar-refractivity contribution in [3.05, 3.63) is 0 Å². The summed E-state index contributed by atoms with van der Waals surface area (Å²) in [5.41, 5.74) is 0. The molecule has 224 valence electrons. The minimum atomic E-state index is -0.627. The Bertz CT molecular complexity index is 365. The van der Waals surface area contributed by atoms with Crippen LogP contribution < -0.4 is 0 Å². The molecule has 0 unspecified atom stereocenters. The maximum Gasteiger partial charge on any atom is 0.0594 e. The fourth-order valence-corrected chi connectivity index (χ4v) is 9.98. The van der Waals surface area contributed by atoms with Crippen LogP contribution in [-0.2, 0) is 0 Å². The molecule has 0 nitrogen and oxygen atoms in total. The lowest BCUT2D eigenvalue weighted by atomic mass is 10.0. The highest BCUT2D eigenvalue weighted by Gasteiger charge is 2.31. The average molecular weight is 540 g/mol. The summed E-state index contributed by atoms with van der Waals surface area (Å²) in [7, 11) is -0.627. The van der Waals surface area contributed by atoms with Gasteiger partial charge in [-0.15, -0.1) is 0 Å². The molecule has 0 saturated heterocycles. The van der Waals surface area contributed by atoms with Gasteiger partial charge in [0.15, 0.2) is 0 Å². The van der Waals surface area contributed by atoms with Crippen LogP contribution in [0.15, 0.2) is 0 Å². The minimum Gasteiger partial charge on any atom is -0.0654 e. The Labute approximate surface area is 239 Å². The van der Waals surface area contributed by atoms with E-state index in [9.17, 15) is 0 Å². The van der Waals surface area contributed by atoms with Gasteiger partial charge in [-0.25, -0.2) is 0 Å². The van der Waals surface area contributed by atoms with Crippen LogP contribution in [0.4, 0.5) is 0 Å². The van der Waals surface area contributed by atoms with Gasteiger partial charge in [-0.05, 0) is 39.5 Å². The standard InChI is InChI=1S/C36H76P/c1-5-9-11-13-15-17-19-21-23-25-27-29-31-33-35-37(7-3,8-4)36-34-32-30-28-26-24-22-20-18-16-14-12-10-6-2/h5-36H2,1-4H3/q+1. The fourth-order valence-electron chi connectivity index (χ4n) is 6.25. The van der Waals surface area contributed by atoms with Crippen LogP contribution in [0, 0.1) is 0 Å². The van der Waals surface area contributed by atoms with E-state index in [0.29, 0.717) is 0 Å². The summed E-state index contributed by atoms with van der Waals surface area (Å²) in [6, 6.07) is 0. The Morgan fingerprint density at radius 3 is 0.622 bits per heavy atom. The Balaban J connectivity index is 3.54. The molecule has 0 spiro atoms. The molecule has 1 heteroatoms. The van der Waals surface area contributed by atoms with Gasteiger partial charge in [0, 0.05) is 7.26 Å². The van der Waals surface area contributed by atoms with Crippen LogP contribution in [0.3, 0.4) is 0 Å². The highest BCUT2D eigenvalue weighted by atomic mass is 31.2. The molecule has 0 fully saturated rings. The summed E-state index contributed by atoms with van der Waals surface area (Å²) in [5.74, 6) is 0. The molecule has 0 radical (unpaired) electrons. The first-order chi connectivity index (χ1) is 18.2. The molecule has 0 aromatic carbocycles. The highest BCUT2D eigenvalue weighted by molar-refractivity contribution is 7.75. The van der Waals surface area contributed by atoms with E-state index in [-0.39, 0.29) is 0 Å². The second-order valence-corrected chi connectivity index (χ2v) is 17.5. The van der Waals surface area contributed by atoms with E-state index in [0.717, 1.165) is 0 Å². The summed E-state index contributed by atoms with van der Waals surface area (Å²) in [6.07, 6.45) is 47.8. The molecule has 0 saturated carbocycles. The van der Waals surface area contributed by atoms with Crippen LogP contribution >= 0.6 is 7.26 Å². The zero-order valence-electron chi connectivity index (χ0n) is 27.1. The maximum atomic E-state index is 2.52. The predicted molar refractivity (Wildman–Crippen MR) is 178 cm³/mol. The number of rotatable bonds is 32. The van der Waals surface area contributed by atoms with Crippen LogP contribution in [0.1, 0.15) is 207 Å². The second kappa shape index (κ2) is 31.0. The van der Waals surface area contributed by atoms with Crippen molar-refractivity contribution in [1.82, 2.24) is 0 Å². The van der Waals surface area contributed by atoms with E-state index in [1.54, 1.807) is 12.3 Å². The smallest absolute Gasteiger partial charge is 0.0594 e. The summed E-state index contributed by atoms with van der Waals surface area (Å²) in [4.78, 5) is 0. The molecule has 0 N–H and O–H groups in total. The van der Waals surface area contributed by atoms with Gasteiger partial charge >= 0.3 is 0 Å². The third-order valence-corrected chi connectivity index (χ3v) is 14.5. The van der Waals surface area contributed by atoms with Crippen molar-refractivity contribution in [3.63, 3.8) is 0 Å². The summed E-state index contributed by atoms with van der Waals surface area (Å²) < 4.78 is 0. The number of hydrogen-bond acceptors (Lipinski definition) is 0. The van der Waals surface area contributed by atoms with Crippen molar-refractivity contribution < 1.29 is 0 Å². The van der Waals surface area contributed by atoms with E-state index in [1.165, 1.54) is 192 Å². The average Bonchev–Trinajstić information content (AvgIpc) is 2.92. The zero-order chi connectivity index (χ0) is 27.1. The molecule has 37 heavy (non-hydrogen) atoms. The van der Waals surface area contributed by atoms with Gasteiger partial charge < -0.3 is 0 Å². The monoisotopic (exact) mass is 540 g/mol. The molecule has 0 aromatic heterocycles. The minimum absolute atomic E-state index is 0.627. The fraction of sp³-hybridized carbons (Fsp3) is 1.00. The lowest BCUT2D eigenvalue weighted by Gasteiger charge is -2.25. The van der Waals surface area contributed by atoms with Crippen LogP contribution in [-0.4, -0.2) is 24.6 Å². The lowest BCUT2D eigenvalue weighted by molar-refractivity contribution is 0.537. The van der Waals surface area contributed by atoms with Crippen molar-refractivity contribution in [1.29, 1.82) is 0 Å². The van der Waals surface area contributed by atoms with E-state index in [2.05, 4.69) is 27.7 Å². The quantitative estimate of drug-likeness (QED) is 0.0589. The SMILES string of the molecule is CCCCCCCCCCCCCCCC[P+](CC)(CC)CCCCCCCCCCCCCCCC. The first kappa shape index (κ1) is 37.4. The van der Waals surface area contributed by atoms with Gasteiger partial charge in [-0.1, -0.05) is 168 Å². The number of unbranched alkanes of at least 4 members (excludes halogenated alkanes) is 26. The van der Waals surface area contributed by atoms with Crippen molar-refractivity contribution in [2.45, 2.75) is 207 Å². The molecular formula is C36H76P+. The Hall–Kier alpha value is 0.430. The molecule has 0 aliphatic carbocycles. The number of hydrogen-bond donors (Lipinski definition) is 0. The van der Waals surface area contributed by atoms with E-state index in [1.807, 2.05) is 0 Å². The highest BCUT2D eigenvalue weighted by Crippen LogP contribution is 2.59. The summed E-state index contributed by atoms with van der Waals surface area (Å²) in [5, 5.41) is 0. The van der Waals surface area contributed by atoms with Gasteiger partial charge in [-0.2, -0.15) is 0 Å². The molecule has 0 rings (SSSR count). The largest absolute Gasteiger partial charge is 0.0654 e. The van der Waals surface area contributed by atoms with Gasteiger partial charge in [0.2, 0.25) is 0 Å². The second-order valence-electron chi connectivity index (χ2n) is 12.6. The maximum absolute atomic E-state index is 2.52. The Morgan fingerprint density at radius 2 is 0.432 bits per heavy atom. The molecule has 0 aromatic rings. The molecule has 0 amide bonds. The van der Waals surface area contributed by atoms with Crippen LogP contribution in [0.25, 0.3) is 0 Å². The van der Waals surface area contributed by atoms with E-state index >= 15 is 0 Å². The van der Waals surface area contributed by atoms with Crippen molar-refractivity contribution in [3.8, 4) is 0 Å². The van der Waals surface area contributed by atoms with Crippen LogP contribution in [0.5, 0.6) is 0 Å². The lowest BCUT2D eigenvalue weighted by Crippen LogP contribution is -2.09. The molecule has 0 heterocycles. The van der Waals surface area contributed by atoms with Gasteiger partial charge in [0.25, 0.3) is 0 Å². The van der Waals surface area contributed by atoms with E-state index < -0.39 is 7.26 Å². The van der Waals surface area contributed by atoms with Gasteiger partial charge in [0.1, 0.15) is 0 Å². The van der Waals surface area contributed by atoms with Crippen molar-refractivity contribution in [2.75, 3.05) is 24.6 Å². The molecule has 0 bridgehead atoms. The summed E-state index contributed by atoms with van der Waals surface area (Å²) in [6.45, 7) is 9.66. The normalized spacial score (nSPS) is 12.0. The molecule has 0 atom stereocenters. The Kier molecular flexibility index (Phi) is 31.3. The topological polar surface area (TPSA) is 0 Å².